The molecule has 5 rings (SSSR count). The fraction of sp³-hybridized carbons (Fsp3) is 0.480. The summed E-state index contributed by atoms with van der Waals surface area (Å²) in [6.07, 6.45) is 0.472. The van der Waals surface area contributed by atoms with E-state index < -0.39 is 36.1 Å². The largest absolute Gasteiger partial charge is 0.376 e. The van der Waals surface area contributed by atoms with E-state index >= 15 is 0 Å². The Kier molecular flexibility index (Phi) is 6.36. The number of rotatable bonds is 9. The molecule has 3 heterocycles. The molecule has 36 heavy (non-hydrogen) atoms. The number of aryl methyl sites for hydroxylation is 1. The third kappa shape index (κ3) is 4.29. The second kappa shape index (κ2) is 9.34. The van der Waals surface area contributed by atoms with Crippen LogP contribution in [0.4, 0.5) is 29.1 Å². The highest BCUT2D eigenvalue weighted by Crippen LogP contribution is 2.44. The highest BCUT2D eigenvalue weighted by molar-refractivity contribution is 5.96. The first-order valence-electron chi connectivity index (χ1n) is 11.9. The molecule has 2 aliphatic rings. The van der Waals surface area contributed by atoms with Crippen molar-refractivity contribution in [3.63, 3.8) is 0 Å². The molecule has 0 radical (unpaired) electrons. The number of halogens is 4. The van der Waals surface area contributed by atoms with Gasteiger partial charge in [0.2, 0.25) is 0 Å². The molecular formula is C25H27F4N5O2. The van der Waals surface area contributed by atoms with Gasteiger partial charge in [0.25, 0.3) is 12.0 Å². The molecule has 2 aromatic heterocycles. The molecule has 1 saturated carbocycles. The first kappa shape index (κ1) is 24.5. The van der Waals surface area contributed by atoms with Gasteiger partial charge < -0.3 is 19.9 Å². The molecule has 0 unspecified atom stereocenters. The van der Waals surface area contributed by atoms with Crippen LogP contribution in [-0.4, -0.2) is 40.5 Å². The van der Waals surface area contributed by atoms with E-state index in [2.05, 4.69) is 20.6 Å². The number of nitrogens with zero attached hydrogens (tertiary/aromatic N) is 3. The summed E-state index contributed by atoms with van der Waals surface area (Å²) in [5.41, 5.74) is -1.37. The van der Waals surface area contributed by atoms with Crippen LogP contribution in [0.15, 0.2) is 29.2 Å². The van der Waals surface area contributed by atoms with Gasteiger partial charge in [-0.25, -0.2) is 27.5 Å². The average molecular weight is 506 g/mol. The Morgan fingerprint density at radius 1 is 1.25 bits per heavy atom. The molecule has 1 saturated heterocycles. The van der Waals surface area contributed by atoms with Crippen molar-refractivity contribution in [3.8, 4) is 0 Å². The molecule has 11 heteroatoms. The van der Waals surface area contributed by atoms with Gasteiger partial charge >= 0.3 is 0 Å². The molecule has 0 amide bonds. The third-order valence-corrected chi connectivity index (χ3v) is 6.99. The predicted molar refractivity (Wildman–Crippen MR) is 128 cm³/mol. The van der Waals surface area contributed by atoms with Crippen molar-refractivity contribution in [2.45, 2.75) is 57.2 Å². The van der Waals surface area contributed by atoms with Crippen molar-refractivity contribution in [2.75, 3.05) is 30.5 Å². The molecule has 7 nitrogen and oxygen atoms in total. The minimum atomic E-state index is -2.95. The van der Waals surface area contributed by atoms with Crippen LogP contribution >= 0.6 is 0 Å². The smallest absolute Gasteiger partial charge is 0.276 e. The van der Waals surface area contributed by atoms with Crippen molar-refractivity contribution >= 4 is 22.4 Å². The molecule has 1 aliphatic heterocycles. The van der Waals surface area contributed by atoms with Gasteiger partial charge in [-0.05, 0) is 33.1 Å². The van der Waals surface area contributed by atoms with Crippen molar-refractivity contribution in [1.29, 1.82) is 0 Å². The SMILES string of the molecule is Cc1nc(N[C@H](C)c2cccc(C(F)F)c2F)c2cn(C3(CF)CC3)c(=O)c(NC[C@@H]3CCO3)c2n1. The number of ether oxygens (including phenoxy) is 1. The Morgan fingerprint density at radius 2 is 1.97 bits per heavy atom. The zero-order valence-electron chi connectivity index (χ0n) is 20.0. The summed E-state index contributed by atoms with van der Waals surface area (Å²) in [5, 5.41) is 6.69. The Balaban J connectivity index is 1.60. The van der Waals surface area contributed by atoms with Gasteiger partial charge in [-0.1, -0.05) is 18.2 Å². The maximum Gasteiger partial charge on any atom is 0.276 e. The second-order valence-corrected chi connectivity index (χ2v) is 9.50. The van der Waals surface area contributed by atoms with Gasteiger partial charge in [0, 0.05) is 24.9 Å². The van der Waals surface area contributed by atoms with Crippen LogP contribution in [0.3, 0.4) is 0 Å². The quantitative estimate of drug-likeness (QED) is 0.398. The Morgan fingerprint density at radius 3 is 2.58 bits per heavy atom. The van der Waals surface area contributed by atoms with E-state index in [-0.39, 0.29) is 22.9 Å². The highest BCUT2D eigenvalue weighted by atomic mass is 19.3. The molecule has 1 aliphatic carbocycles. The summed E-state index contributed by atoms with van der Waals surface area (Å²) >= 11 is 0. The predicted octanol–water partition coefficient (Wildman–Crippen LogP) is 5.01. The summed E-state index contributed by atoms with van der Waals surface area (Å²) in [6, 6.07) is 3.12. The summed E-state index contributed by atoms with van der Waals surface area (Å²) < 4.78 is 62.1. The van der Waals surface area contributed by atoms with E-state index in [0.29, 0.717) is 48.5 Å². The number of alkyl halides is 3. The van der Waals surface area contributed by atoms with Crippen LogP contribution in [0.1, 0.15) is 55.6 Å². The molecule has 2 fully saturated rings. The fourth-order valence-corrected chi connectivity index (χ4v) is 4.52. The van der Waals surface area contributed by atoms with Gasteiger partial charge in [-0.15, -0.1) is 0 Å². The maximum absolute atomic E-state index is 14.8. The summed E-state index contributed by atoms with van der Waals surface area (Å²) in [7, 11) is 0. The van der Waals surface area contributed by atoms with E-state index in [4.69, 9.17) is 4.74 Å². The summed E-state index contributed by atoms with van der Waals surface area (Å²) in [5.74, 6) is -0.347. The molecule has 0 bridgehead atoms. The van der Waals surface area contributed by atoms with Crippen molar-refractivity contribution in [2.24, 2.45) is 0 Å². The third-order valence-electron chi connectivity index (χ3n) is 6.99. The lowest BCUT2D eigenvalue weighted by atomic mass is 10.0. The van der Waals surface area contributed by atoms with Crippen LogP contribution in [0.5, 0.6) is 0 Å². The molecule has 0 spiro atoms. The number of benzene rings is 1. The number of anilines is 2. The standard InChI is InChI=1S/C25H27F4N5O2/c1-13(16-4-3-5-17(19(16)27)22(28)29)31-23-18-11-34(25(12-26)7-8-25)24(35)21(20(18)32-14(2)33-23)30-10-15-6-9-36-15/h3-5,11,13,15,22,30H,6-10,12H2,1-2H3,(H,31,32,33)/t13-,15+/m1/s1. The van der Waals surface area contributed by atoms with E-state index in [0.717, 1.165) is 12.5 Å². The summed E-state index contributed by atoms with van der Waals surface area (Å²) in [4.78, 5) is 22.4. The Hall–Kier alpha value is -3.21. The van der Waals surface area contributed by atoms with E-state index in [9.17, 15) is 22.4 Å². The molecule has 2 atom stereocenters. The molecular weight excluding hydrogens is 478 g/mol. The minimum Gasteiger partial charge on any atom is -0.376 e. The van der Waals surface area contributed by atoms with Crippen LogP contribution in [0, 0.1) is 12.7 Å². The Labute approximate surface area is 204 Å². The Bertz CT molecular complexity index is 1350. The van der Waals surface area contributed by atoms with Gasteiger partial charge in [-0.3, -0.25) is 4.79 Å². The van der Waals surface area contributed by atoms with Crippen molar-refractivity contribution < 1.29 is 22.3 Å². The fourth-order valence-electron chi connectivity index (χ4n) is 4.52. The number of nitrogens with one attached hydrogen (secondary N) is 2. The first-order chi connectivity index (χ1) is 17.2. The number of pyridine rings is 1. The number of aromatic nitrogens is 3. The highest BCUT2D eigenvalue weighted by Gasteiger charge is 2.46. The van der Waals surface area contributed by atoms with E-state index in [1.165, 1.54) is 22.9 Å². The molecule has 192 valence electrons. The van der Waals surface area contributed by atoms with Crippen LogP contribution < -0.4 is 16.2 Å². The lowest BCUT2D eigenvalue weighted by Gasteiger charge is -2.27. The molecule has 2 N–H and O–H groups in total. The van der Waals surface area contributed by atoms with Crippen LogP contribution in [0.2, 0.25) is 0 Å². The van der Waals surface area contributed by atoms with Crippen molar-refractivity contribution in [3.05, 3.63) is 57.5 Å². The monoisotopic (exact) mass is 505 g/mol. The van der Waals surface area contributed by atoms with Gasteiger partial charge in [-0.2, -0.15) is 0 Å². The number of hydrogen-bond donors (Lipinski definition) is 2. The number of fused-ring (bicyclic) bond motifs is 1. The lowest BCUT2D eigenvalue weighted by molar-refractivity contribution is -0.0410. The zero-order valence-corrected chi connectivity index (χ0v) is 20.0. The van der Waals surface area contributed by atoms with E-state index in [1.807, 2.05) is 0 Å². The normalized spacial score (nSPS) is 19.2. The number of hydrogen-bond acceptors (Lipinski definition) is 6. The van der Waals surface area contributed by atoms with Crippen molar-refractivity contribution in [1.82, 2.24) is 14.5 Å². The second-order valence-electron chi connectivity index (χ2n) is 9.50. The lowest BCUT2D eigenvalue weighted by Crippen LogP contribution is -2.37. The topological polar surface area (TPSA) is 81.1 Å². The molecule has 3 aromatic rings. The maximum atomic E-state index is 14.8. The van der Waals surface area contributed by atoms with Gasteiger partial charge in [0.05, 0.1) is 28.6 Å². The first-order valence-corrected chi connectivity index (χ1v) is 11.9. The van der Waals surface area contributed by atoms with E-state index in [1.54, 1.807) is 13.8 Å². The minimum absolute atomic E-state index is 0.0326. The van der Waals surface area contributed by atoms with Gasteiger partial charge in [0.15, 0.2) is 0 Å². The van der Waals surface area contributed by atoms with Gasteiger partial charge in [0.1, 0.15) is 35.3 Å². The zero-order chi connectivity index (χ0) is 25.6. The van der Waals surface area contributed by atoms with Crippen LogP contribution in [0.25, 0.3) is 10.9 Å². The average Bonchev–Trinajstić information content (AvgIpc) is 3.60. The molecule has 1 aromatic carbocycles. The van der Waals surface area contributed by atoms with Crippen LogP contribution in [-0.2, 0) is 10.3 Å². The summed E-state index contributed by atoms with van der Waals surface area (Å²) in [6.45, 7) is 3.64.